The van der Waals surface area contributed by atoms with E-state index < -0.39 is 12.3 Å². The van der Waals surface area contributed by atoms with Crippen LogP contribution >= 0.6 is 0 Å². The minimum Gasteiger partial charge on any atom is -0.396 e. The first-order valence-corrected chi connectivity index (χ1v) is 2.64. The van der Waals surface area contributed by atoms with E-state index in [4.69, 9.17) is 5.11 Å². The largest absolute Gasteiger partial charge is 0.396 e. The second-order valence-electron chi connectivity index (χ2n) is 2.18. The number of alkyl halides is 2. The molecule has 0 aromatic carbocycles. The molecule has 3 heteroatoms. The van der Waals surface area contributed by atoms with Gasteiger partial charge in [0.15, 0.2) is 0 Å². The van der Waals surface area contributed by atoms with Crippen LogP contribution in [0, 0.1) is 11.8 Å². The summed E-state index contributed by atoms with van der Waals surface area (Å²) in [5.74, 6) is -0.602. The summed E-state index contributed by atoms with van der Waals surface area (Å²) in [4.78, 5) is 0. The molecule has 0 radical (unpaired) electrons. The maximum atomic E-state index is 11.5. The van der Waals surface area contributed by atoms with E-state index in [2.05, 4.69) is 0 Å². The molecule has 0 saturated heterocycles. The summed E-state index contributed by atoms with van der Waals surface area (Å²) in [6.07, 6.45) is -1.71. The Labute approximate surface area is 46.3 Å². The third kappa shape index (κ3) is 0.968. The Bertz CT molecular complexity index is 84.5. The van der Waals surface area contributed by atoms with Gasteiger partial charge in [0.2, 0.25) is 6.43 Å². The first-order valence-electron chi connectivity index (χ1n) is 2.64. The average molecular weight is 122 g/mol. The predicted molar refractivity (Wildman–Crippen MR) is 24.7 cm³/mol. The van der Waals surface area contributed by atoms with Crippen LogP contribution in [0.15, 0.2) is 0 Å². The van der Waals surface area contributed by atoms with Gasteiger partial charge in [-0.25, -0.2) is 8.78 Å². The van der Waals surface area contributed by atoms with Crippen LogP contribution in [0.3, 0.4) is 0 Å². The summed E-state index contributed by atoms with van der Waals surface area (Å²) in [5.41, 5.74) is 0. The molecule has 8 heavy (non-hydrogen) atoms. The molecule has 2 atom stereocenters. The normalized spacial score (nSPS) is 36.0. The molecule has 1 nitrogen and oxygen atoms in total. The SMILES string of the molecule is OC[C@@H]1C[C@H]1C(F)F. The topological polar surface area (TPSA) is 20.2 Å². The van der Waals surface area contributed by atoms with Crippen LogP contribution in [-0.2, 0) is 0 Å². The van der Waals surface area contributed by atoms with E-state index in [0.29, 0.717) is 6.42 Å². The van der Waals surface area contributed by atoms with Gasteiger partial charge in [-0.1, -0.05) is 0 Å². The molecule has 1 aliphatic rings. The van der Waals surface area contributed by atoms with Crippen molar-refractivity contribution in [2.45, 2.75) is 12.8 Å². The standard InChI is InChI=1S/C5H8F2O/c6-5(7)4-1-3(4)2-8/h3-5,8H,1-2H2/t3-,4+/m0/s1. The molecule has 1 saturated carbocycles. The van der Waals surface area contributed by atoms with Gasteiger partial charge in [-0.3, -0.25) is 0 Å². The van der Waals surface area contributed by atoms with Gasteiger partial charge < -0.3 is 5.11 Å². The summed E-state index contributed by atoms with van der Waals surface area (Å²) >= 11 is 0. The maximum Gasteiger partial charge on any atom is 0.241 e. The summed E-state index contributed by atoms with van der Waals surface area (Å²) in [6, 6.07) is 0. The van der Waals surface area contributed by atoms with Crippen molar-refractivity contribution < 1.29 is 13.9 Å². The lowest BCUT2D eigenvalue weighted by Crippen LogP contribution is -1.97. The van der Waals surface area contributed by atoms with Crippen molar-refractivity contribution in [3.63, 3.8) is 0 Å². The van der Waals surface area contributed by atoms with Crippen molar-refractivity contribution in [2.24, 2.45) is 11.8 Å². The zero-order valence-electron chi connectivity index (χ0n) is 4.35. The molecular formula is C5H8F2O. The number of aliphatic hydroxyl groups excluding tert-OH is 1. The number of rotatable bonds is 2. The quantitative estimate of drug-likeness (QED) is 0.576. The molecule has 0 aromatic heterocycles. The molecule has 0 aliphatic heterocycles. The molecule has 0 amide bonds. The Kier molecular flexibility index (Phi) is 1.47. The average Bonchev–Trinajstić information content (AvgIpc) is 2.42. The monoisotopic (exact) mass is 122 g/mol. The summed E-state index contributed by atoms with van der Waals surface area (Å²) < 4.78 is 23.1. The van der Waals surface area contributed by atoms with E-state index in [1.807, 2.05) is 0 Å². The Morgan fingerprint density at radius 3 is 2.38 bits per heavy atom. The van der Waals surface area contributed by atoms with E-state index in [1.54, 1.807) is 0 Å². The molecule has 0 bridgehead atoms. The van der Waals surface area contributed by atoms with Gasteiger partial charge >= 0.3 is 0 Å². The van der Waals surface area contributed by atoms with Crippen LogP contribution in [0.25, 0.3) is 0 Å². The highest BCUT2D eigenvalue weighted by Crippen LogP contribution is 2.42. The summed E-state index contributed by atoms with van der Waals surface area (Å²) in [6.45, 7) is -0.0744. The zero-order valence-corrected chi connectivity index (χ0v) is 4.35. The van der Waals surface area contributed by atoms with Gasteiger partial charge in [0.25, 0.3) is 0 Å². The highest BCUT2D eigenvalue weighted by atomic mass is 19.3. The molecule has 1 rings (SSSR count). The second kappa shape index (κ2) is 1.97. The smallest absolute Gasteiger partial charge is 0.241 e. The predicted octanol–water partition coefficient (Wildman–Crippen LogP) is 0.880. The van der Waals surface area contributed by atoms with E-state index in [-0.39, 0.29) is 12.5 Å². The number of hydrogen-bond donors (Lipinski definition) is 1. The molecule has 48 valence electrons. The van der Waals surface area contributed by atoms with E-state index in [0.717, 1.165) is 0 Å². The van der Waals surface area contributed by atoms with Gasteiger partial charge in [0.05, 0.1) is 0 Å². The van der Waals surface area contributed by atoms with Crippen molar-refractivity contribution in [3.8, 4) is 0 Å². The van der Waals surface area contributed by atoms with Crippen LogP contribution in [0.4, 0.5) is 8.78 Å². The fraction of sp³-hybridized carbons (Fsp3) is 1.00. The lowest BCUT2D eigenvalue weighted by Gasteiger charge is -1.91. The number of aliphatic hydroxyl groups is 1. The van der Waals surface area contributed by atoms with Crippen LogP contribution in [-0.4, -0.2) is 18.1 Å². The number of hydrogen-bond acceptors (Lipinski definition) is 1. The van der Waals surface area contributed by atoms with Crippen LogP contribution in [0.1, 0.15) is 6.42 Å². The fourth-order valence-electron chi connectivity index (χ4n) is 0.790. The molecular weight excluding hydrogens is 114 g/mol. The van der Waals surface area contributed by atoms with Gasteiger partial charge in [-0.2, -0.15) is 0 Å². The Morgan fingerprint density at radius 1 is 1.62 bits per heavy atom. The van der Waals surface area contributed by atoms with Gasteiger partial charge in [0.1, 0.15) is 0 Å². The highest BCUT2D eigenvalue weighted by molar-refractivity contribution is 4.86. The minimum atomic E-state index is -2.22. The lowest BCUT2D eigenvalue weighted by atomic mass is 10.3. The Morgan fingerprint density at radius 2 is 2.25 bits per heavy atom. The Balaban J connectivity index is 2.16. The van der Waals surface area contributed by atoms with Gasteiger partial charge in [0, 0.05) is 12.5 Å². The molecule has 1 fully saturated rings. The van der Waals surface area contributed by atoms with Crippen molar-refractivity contribution in [1.29, 1.82) is 0 Å². The van der Waals surface area contributed by atoms with Crippen molar-refractivity contribution in [1.82, 2.24) is 0 Å². The second-order valence-corrected chi connectivity index (χ2v) is 2.18. The third-order valence-corrected chi connectivity index (χ3v) is 1.54. The van der Waals surface area contributed by atoms with E-state index >= 15 is 0 Å². The zero-order chi connectivity index (χ0) is 6.15. The van der Waals surface area contributed by atoms with Crippen LogP contribution < -0.4 is 0 Å². The van der Waals surface area contributed by atoms with E-state index in [1.165, 1.54) is 0 Å². The molecule has 1 aliphatic carbocycles. The molecule has 0 heterocycles. The van der Waals surface area contributed by atoms with Crippen molar-refractivity contribution in [3.05, 3.63) is 0 Å². The molecule has 0 spiro atoms. The lowest BCUT2D eigenvalue weighted by molar-refractivity contribution is 0.108. The van der Waals surface area contributed by atoms with Gasteiger partial charge in [-0.15, -0.1) is 0 Å². The first-order chi connectivity index (χ1) is 3.75. The van der Waals surface area contributed by atoms with Crippen molar-refractivity contribution >= 4 is 0 Å². The molecule has 0 aromatic rings. The summed E-state index contributed by atoms with van der Waals surface area (Å²) in [5, 5.41) is 8.29. The highest BCUT2D eigenvalue weighted by Gasteiger charge is 2.43. The Hall–Kier alpha value is -0.180. The van der Waals surface area contributed by atoms with Crippen molar-refractivity contribution in [2.75, 3.05) is 6.61 Å². The van der Waals surface area contributed by atoms with E-state index in [9.17, 15) is 8.78 Å². The fourth-order valence-corrected chi connectivity index (χ4v) is 0.790. The third-order valence-electron chi connectivity index (χ3n) is 1.54. The number of halogens is 2. The summed E-state index contributed by atoms with van der Waals surface area (Å²) in [7, 11) is 0. The molecule has 1 N–H and O–H groups in total. The van der Waals surface area contributed by atoms with Crippen LogP contribution in [0.2, 0.25) is 0 Å². The minimum absolute atomic E-state index is 0.0744. The molecule has 0 unspecified atom stereocenters. The maximum absolute atomic E-state index is 11.5. The first kappa shape index (κ1) is 5.95. The van der Waals surface area contributed by atoms with Crippen LogP contribution in [0.5, 0.6) is 0 Å². The van der Waals surface area contributed by atoms with Gasteiger partial charge in [-0.05, 0) is 12.3 Å².